The van der Waals surface area contributed by atoms with Crippen molar-refractivity contribution in [1.82, 2.24) is 13.9 Å². The second kappa shape index (κ2) is 6.51. The topological polar surface area (TPSA) is 64.4 Å². The van der Waals surface area contributed by atoms with E-state index in [1.165, 1.54) is 29.3 Å². The average molecular weight is 365 g/mol. The van der Waals surface area contributed by atoms with Gasteiger partial charge in [0.15, 0.2) is 0 Å². The van der Waals surface area contributed by atoms with Crippen LogP contribution >= 0.6 is 0 Å². The lowest BCUT2D eigenvalue weighted by Gasteiger charge is -2.28. The molecule has 134 valence electrons. The van der Waals surface area contributed by atoms with Gasteiger partial charge < -0.3 is 9.30 Å². The third-order valence-corrected chi connectivity index (χ3v) is 6.55. The van der Waals surface area contributed by atoms with E-state index in [9.17, 15) is 12.8 Å². The molecule has 1 saturated carbocycles. The van der Waals surface area contributed by atoms with Crippen LogP contribution in [0.5, 0.6) is 0 Å². The number of nitrogens with zero attached hydrogens (tertiary/aromatic N) is 3. The van der Waals surface area contributed by atoms with Crippen LogP contribution in [-0.4, -0.2) is 35.4 Å². The van der Waals surface area contributed by atoms with Crippen LogP contribution in [0.4, 0.5) is 4.39 Å². The summed E-state index contributed by atoms with van der Waals surface area (Å²) in [6.45, 7) is 2.31. The van der Waals surface area contributed by atoms with Crippen LogP contribution in [0.25, 0.3) is 0 Å². The Morgan fingerprint density at radius 2 is 1.96 bits per heavy atom. The molecule has 0 bridgehead atoms. The molecule has 1 fully saturated rings. The number of sulfonamides is 1. The standard InChI is InChI=1S/C17H20FN3O3S/c18-14-3-5-15(6-4-14)25(22,23)21-8-7-20-12-19-16(17(20)9-21)11-24-10-13-1-2-13/h3-6,12-13H,1-2,7-11H2. The number of imidazole rings is 1. The van der Waals surface area contributed by atoms with Crippen LogP contribution in [0, 0.1) is 11.7 Å². The number of halogens is 1. The summed E-state index contributed by atoms with van der Waals surface area (Å²) < 4.78 is 47.8. The summed E-state index contributed by atoms with van der Waals surface area (Å²) in [7, 11) is -3.66. The molecule has 0 atom stereocenters. The van der Waals surface area contributed by atoms with Gasteiger partial charge in [-0.15, -0.1) is 0 Å². The number of rotatable bonds is 6. The van der Waals surface area contributed by atoms with Crippen molar-refractivity contribution in [3.05, 3.63) is 47.8 Å². The minimum absolute atomic E-state index is 0.105. The van der Waals surface area contributed by atoms with Crippen LogP contribution in [0.15, 0.2) is 35.5 Å². The second-order valence-electron chi connectivity index (χ2n) is 6.58. The largest absolute Gasteiger partial charge is 0.375 e. The Kier molecular flexibility index (Phi) is 4.35. The molecule has 1 aliphatic carbocycles. The van der Waals surface area contributed by atoms with Crippen molar-refractivity contribution in [2.24, 2.45) is 5.92 Å². The molecule has 4 rings (SSSR count). The van der Waals surface area contributed by atoms with Gasteiger partial charge in [-0.05, 0) is 43.0 Å². The van der Waals surface area contributed by atoms with E-state index >= 15 is 0 Å². The molecule has 0 saturated heterocycles. The molecule has 1 aromatic carbocycles. The summed E-state index contributed by atoms with van der Waals surface area (Å²) in [4.78, 5) is 4.49. The summed E-state index contributed by atoms with van der Waals surface area (Å²) in [5.41, 5.74) is 1.66. The molecule has 6 nitrogen and oxygen atoms in total. The first kappa shape index (κ1) is 16.7. The highest BCUT2D eigenvalue weighted by Gasteiger charge is 2.30. The molecule has 8 heteroatoms. The predicted molar refractivity (Wildman–Crippen MR) is 88.6 cm³/mol. The number of hydrogen-bond acceptors (Lipinski definition) is 4. The zero-order chi connectivity index (χ0) is 17.4. The van der Waals surface area contributed by atoms with Crippen LogP contribution in [0.1, 0.15) is 24.2 Å². The first-order valence-electron chi connectivity index (χ1n) is 8.40. The molecule has 0 unspecified atom stereocenters. The van der Waals surface area contributed by atoms with Crippen molar-refractivity contribution in [2.45, 2.75) is 37.4 Å². The minimum Gasteiger partial charge on any atom is -0.375 e. The third kappa shape index (κ3) is 3.47. The molecular formula is C17H20FN3O3S. The van der Waals surface area contributed by atoms with Gasteiger partial charge in [-0.2, -0.15) is 4.31 Å². The number of benzene rings is 1. The van der Waals surface area contributed by atoms with Gasteiger partial charge >= 0.3 is 0 Å². The molecule has 0 N–H and O–H groups in total. The molecule has 1 aliphatic heterocycles. The van der Waals surface area contributed by atoms with Gasteiger partial charge in [0.2, 0.25) is 10.0 Å². The maximum absolute atomic E-state index is 13.1. The fourth-order valence-electron chi connectivity index (χ4n) is 2.98. The van der Waals surface area contributed by atoms with E-state index < -0.39 is 15.8 Å². The SMILES string of the molecule is O=S(=O)(c1ccc(F)cc1)N1CCn2cnc(COCC3CC3)c2C1. The molecule has 1 aromatic heterocycles. The molecular weight excluding hydrogens is 345 g/mol. The highest BCUT2D eigenvalue weighted by Crippen LogP contribution is 2.29. The number of fused-ring (bicyclic) bond motifs is 1. The maximum atomic E-state index is 13.1. The van der Waals surface area contributed by atoms with Gasteiger partial charge in [0, 0.05) is 19.7 Å². The molecule has 2 heterocycles. The Bertz CT molecular complexity index is 860. The maximum Gasteiger partial charge on any atom is 0.243 e. The van der Waals surface area contributed by atoms with Gasteiger partial charge in [0.1, 0.15) is 5.82 Å². The van der Waals surface area contributed by atoms with Crippen molar-refractivity contribution in [1.29, 1.82) is 0 Å². The van der Waals surface area contributed by atoms with E-state index in [2.05, 4.69) is 4.98 Å². The van der Waals surface area contributed by atoms with Crippen molar-refractivity contribution in [3.8, 4) is 0 Å². The van der Waals surface area contributed by atoms with Crippen molar-refractivity contribution >= 4 is 10.0 Å². The number of ether oxygens (including phenoxy) is 1. The smallest absolute Gasteiger partial charge is 0.243 e. The Morgan fingerprint density at radius 1 is 1.20 bits per heavy atom. The van der Waals surface area contributed by atoms with E-state index in [1.807, 2.05) is 4.57 Å². The molecule has 0 radical (unpaired) electrons. The molecule has 25 heavy (non-hydrogen) atoms. The Morgan fingerprint density at radius 3 is 2.68 bits per heavy atom. The number of hydrogen-bond donors (Lipinski definition) is 0. The third-order valence-electron chi connectivity index (χ3n) is 4.69. The van der Waals surface area contributed by atoms with Gasteiger partial charge in [0.25, 0.3) is 0 Å². The van der Waals surface area contributed by atoms with Crippen LogP contribution < -0.4 is 0 Å². The summed E-state index contributed by atoms with van der Waals surface area (Å²) in [6, 6.07) is 4.93. The summed E-state index contributed by atoms with van der Waals surface area (Å²) in [6.07, 6.45) is 4.20. The quantitative estimate of drug-likeness (QED) is 0.787. The lowest BCUT2D eigenvalue weighted by molar-refractivity contribution is 0.108. The lowest BCUT2D eigenvalue weighted by atomic mass is 10.3. The van der Waals surface area contributed by atoms with Gasteiger partial charge in [0.05, 0.1) is 35.8 Å². The molecule has 0 spiro atoms. The van der Waals surface area contributed by atoms with E-state index in [0.29, 0.717) is 25.6 Å². The Hall–Kier alpha value is -1.77. The zero-order valence-electron chi connectivity index (χ0n) is 13.8. The fourth-order valence-corrected chi connectivity index (χ4v) is 4.37. The van der Waals surface area contributed by atoms with Crippen LogP contribution in [-0.2, 0) is 34.5 Å². The first-order chi connectivity index (χ1) is 12.0. The van der Waals surface area contributed by atoms with E-state index in [-0.39, 0.29) is 11.4 Å². The van der Waals surface area contributed by atoms with Crippen molar-refractivity contribution in [2.75, 3.05) is 13.2 Å². The van der Waals surface area contributed by atoms with Gasteiger partial charge in [-0.1, -0.05) is 0 Å². The van der Waals surface area contributed by atoms with E-state index in [0.717, 1.165) is 30.1 Å². The lowest BCUT2D eigenvalue weighted by Crippen LogP contribution is -2.38. The second-order valence-corrected chi connectivity index (χ2v) is 8.52. The minimum atomic E-state index is -3.66. The molecule has 0 amide bonds. The Balaban J connectivity index is 1.51. The normalized spacial score (nSPS) is 18.3. The van der Waals surface area contributed by atoms with E-state index in [4.69, 9.17) is 4.74 Å². The highest BCUT2D eigenvalue weighted by molar-refractivity contribution is 7.89. The average Bonchev–Trinajstić information content (AvgIpc) is 3.34. The molecule has 2 aliphatic rings. The summed E-state index contributed by atoms with van der Waals surface area (Å²) in [5.74, 6) is 0.222. The van der Waals surface area contributed by atoms with Gasteiger partial charge in [-0.3, -0.25) is 0 Å². The highest BCUT2D eigenvalue weighted by atomic mass is 32.2. The van der Waals surface area contributed by atoms with Crippen molar-refractivity contribution in [3.63, 3.8) is 0 Å². The Labute approximate surface area is 146 Å². The van der Waals surface area contributed by atoms with Crippen LogP contribution in [0.2, 0.25) is 0 Å². The van der Waals surface area contributed by atoms with E-state index in [1.54, 1.807) is 6.33 Å². The molecule has 2 aromatic rings. The van der Waals surface area contributed by atoms with Gasteiger partial charge in [-0.25, -0.2) is 17.8 Å². The summed E-state index contributed by atoms with van der Waals surface area (Å²) >= 11 is 0. The monoisotopic (exact) mass is 365 g/mol. The van der Waals surface area contributed by atoms with Crippen molar-refractivity contribution < 1.29 is 17.5 Å². The predicted octanol–water partition coefficient (Wildman–Crippen LogP) is 2.15. The number of aromatic nitrogens is 2. The zero-order valence-corrected chi connectivity index (χ0v) is 14.6. The first-order valence-corrected chi connectivity index (χ1v) is 9.84. The fraction of sp³-hybridized carbons (Fsp3) is 0.471. The summed E-state index contributed by atoms with van der Waals surface area (Å²) in [5, 5.41) is 0. The van der Waals surface area contributed by atoms with Crippen LogP contribution in [0.3, 0.4) is 0 Å².